The van der Waals surface area contributed by atoms with Crippen LogP contribution in [0.2, 0.25) is 0 Å². The van der Waals surface area contributed by atoms with Gasteiger partial charge in [0.1, 0.15) is 11.6 Å². The van der Waals surface area contributed by atoms with Gasteiger partial charge < -0.3 is 10.6 Å². The first-order valence-electron chi connectivity index (χ1n) is 7.13. The molecule has 4 nitrogen and oxygen atoms in total. The molecule has 0 unspecified atom stereocenters. The zero-order valence-corrected chi connectivity index (χ0v) is 11.6. The first-order chi connectivity index (χ1) is 10.1. The molecule has 114 valence electrons. The molecule has 2 N–H and O–H groups in total. The lowest BCUT2D eigenvalue weighted by molar-refractivity contribution is -0.136. The Morgan fingerprint density at radius 2 is 1.67 bits per heavy atom. The fraction of sp³-hybridized carbons (Fsp3) is 0.467. The smallest absolute Gasteiger partial charge is 0.313 e. The van der Waals surface area contributed by atoms with Crippen LogP contribution in [0.5, 0.6) is 0 Å². The van der Waals surface area contributed by atoms with Crippen LogP contribution in [-0.2, 0) is 9.59 Å². The van der Waals surface area contributed by atoms with Gasteiger partial charge >= 0.3 is 11.8 Å². The van der Waals surface area contributed by atoms with Gasteiger partial charge in [0.2, 0.25) is 0 Å². The van der Waals surface area contributed by atoms with Gasteiger partial charge in [-0.05, 0) is 25.0 Å². The Labute approximate surface area is 121 Å². The third kappa shape index (κ3) is 4.51. The van der Waals surface area contributed by atoms with Gasteiger partial charge in [0, 0.05) is 12.1 Å². The second kappa shape index (κ2) is 7.15. The van der Waals surface area contributed by atoms with Gasteiger partial charge in [0.25, 0.3) is 0 Å². The molecule has 0 heterocycles. The Morgan fingerprint density at radius 1 is 1.00 bits per heavy atom. The van der Waals surface area contributed by atoms with Crippen molar-refractivity contribution in [3.63, 3.8) is 0 Å². The van der Waals surface area contributed by atoms with Gasteiger partial charge in [0.15, 0.2) is 0 Å². The highest BCUT2D eigenvalue weighted by Gasteiger charge is 2.20. The molecule has 0 saturated heterocycles. The number of halogens is 2. The van der Waals surface area contributed by atoms with Crippen molar-refractivity contribution in [2.24, 2.45) is 0 Å². The summed E-state index contributed by atoms with van der Waals surface area (Å²) in [5, 5.41) is 4.74. The Hall–Kier alpha value is -1.98. The molecular formula is C15H18F2N2O2. The maximum Gasteiger partial charge on any atom is 0.313 e. The van der Waals surface area contributed by atoms with E-state index in [0.717, 1.165) is 56.7 Å². The lowest BCUT2D eigenvalue weighted by Gasteiger charge is -2.15. The van der Waals surface area contributed by atoms with Gasteiger partial charge in [-0.3, -0.25) is 9.59 Å². The maximum absolute atomic E-state index is 13.4. The molecule has 2 rings (SSSR count). The monoisotopic (exact) mass is 296 g/mol. The summed E-state index contributed by atoms with van der Waals surface area (Å²) < 4.78 is 26.4. The van der Waals surface area contributed by atoms with Crippen molar-refractivity contribution < 1.29 is 18.4 Å². The third-order valence-electron chi connectivity index (χ3n) is 3.57. The zero-order valence-electron chi connectivity index (χ0n) is 11.6. The molecule has 1 saturated carbocycles. The molecule has 0 aliphatic heterocycles. The zero-order chi connectivity index (χ0) is 15.2. The van der Waals surface area contributed by atoms with E-state index >= 15 is 0 Å². The van der Waals surface area contributed by atoms with Crippen molar-refractivity contribution in [1.29, 1.82) is 0 Å². The number of amides is 2. The number of hydrogen-bond acceptors (Lipinski definition) is 2. The molecule has 0 bridgehead atoms. The van der Waals surface area contributed by atoms with Crippen molar-refractivity contribution in [3.8, 4) is 0 Å². The molecule has 21 heavy (non-hydrogen) atoms. The molecule has 1 aliphatic rings. The highest BCUT2D eigenvalue weighted by molar-refractivity contribution is 6.39. The molecule has 0 radical (unpaired) electrons. The van der Waals surface area contributed by atoms with Gasteiger partial charge in [-0.2, -0.15) is 0 Å². The summed E-state index contributed by atoms with van der Waals surface area (Å²) >= 11 is 0. The minimum Gasteiger partial charge on any atom is -0.345 e. The van der Waals surface area contributed by atoms with Gasteiger partial charge in [-0.15, -0.1) is 0 Å². The average molecular weight is 296 g/mol. The predicted molar refractivity (Wildman–Crippen MR) is 74.6 cm³/mol. The van der Waals surface area contributed by atoms with Crippen LogP contribution in [0.15, 0.2) is 18.2 Å². The Morgan fingerprint density at radius 3 is 2.33 bits per heavy atom. The summed E-state index contributed by atoms with van der Waals surface area (Å²) in [4.78, 5) is 23.5. The van der Waals surface area contributed by atoms with E-state index in [2.05, 4.69) is 10.6 Å². The van der Waals surface area contributed by atoms with Gasteiger partial charge in [-0.1, -0.05) is 25.7 Å². The molecule has 0 aromatic heterocycles. The van der Waals surface area contributed by atoms with E-state index in [9.17, 15) is 18.4 Å². The van der Waals surface area contributed by atoms with E-state index in [1.54, 1.807) is 0 Å². The van der Waals surface area contributed by atoms with E-state index in [0.29, 0.717) is 0 Å². The molecule has 6 heteroatoms. The van der Waals surface area contributed by atoms with E-state index in [-0.39, 0.29) is 11.7 Å². The highest BCUT2D eigenvalue weighted by Crippen LogP contribution is 2.18. The first kappa shape index (κ1) is 15.4. The fourth-order valence-corrected chi connectivity index (χ4v) is 2.45. The van der Waals surface area contributed by atoms with E-state index in [1.807, 2.05) is 0 Å². The van der Waals surface area contributed by atoms with Crippen LogP contribution in [0, 0.1) is 11.6 Å². The van der Waals surface area contributed by atoms with Crippen molar-refractivity contribution in [3.05, 3.63) is 29.8 Å². The van der Waals surface area contributed by atoms with Crippen molar-refractivity contribution >= 4 is 17.5 Å². The molecule has 1 aromatic carbocycles. The normalized spacial score (nSPS) is 16.1. The summed E-state index contributed by atoms with van der Waals surface area (Å²) in [6.45, 7) is 0. The van der Waals surface area contributed by atoms with Crippen molar-refractivity contribution in [2.75, 3.05) is 5.32 Å². The minimum absolute atomic E-state index is 0.0249. The first-order valence-corrected chi connectivity index (χ1v) is 7.13. The van der Waals surface area contributed by atoms with Crippen LogP contribution in [0.3, 0.4) is 0 Å². The number of benzene rings is 1. The standard InChI is InChI=1S/C15H18F2N2O2/c16-10-7-8-12(17)13(9-10)19-15(21)14(20)18-11-5-3-1-2-4-6-11/h7-9,11H,1-6H2,(H,18,20)(H,19,21). The lowest BCUT2D eigenvalue weighted by Crippen LogP contribution is -2.41. The van der Waals surface area contributed by atoms with Crippen LogP contribution in [-0.4, -0.2) is 17.9 Å². The summed E-state index contributed by atoms with van der Waals surface area (Å²) in [7, 11) is 0. The Kier molecular flexibility index (Phi) is 5.25. The summed E-state index contributed by atoms with van der Waals surface area (Å²) in [6, 6.07) is 2.65. The van der Waals surface area contributed by atoms with Crippen LogP contribution in [0.4, 0.5) is 14.5 Å². The largest absolute Gasteiger partial charge is 0.345 e. The molecule has 0 atom stereocenters. The number of rotatable bonds is 2. The Balaban J connectivity index is 1.92. The highest BCUT2D eigenvalue weighted by atomic mass is 19.1. The number of carbonyl (C=O) groups is 2. The number of hydrogen-bond donors (Lipinski definition) is 2. The van der Waals surface area contributed by atoms with E-state index < -0.39 is 23.4 Å². The molecule has 1 aliphatic carbocycles. The van der Waals surface area contributed by atoms with Crippen LogP contribution < -0.4 is 10.6 Å². The van der Waals surface area contributed by atoms with Gasteiger partial charge in [0.05, 0.1) is 5.69 Å². The quantitative estimate of drug-likeness (QED) is 0.651. The molecular weight excluding hydrogens is 278 g/mol. The molecule has 2 amide bonds. The van der Waals surface area contributed by atoms with E-state index in [1.165, 1.54) is 0 Å². The number of anilines is 1. The van der Waals surface area contributed by atoms with Crippen LogP contribution in [0.25, 0.3) is 0 Å². The second-order valence-electron chi connectivity index (χ2n) is 5.24. The van der Waals surface area contributed by atoms with Crippen molar-refractivity contribution in [2.45, 2.75) is 44.6 Å². The molecule has 1 aromatic rings. The third-order valence-corrected chi connectivity index (χ3v) is 3.57. The summed E-state index contributed by atoms with van der Waals surface area (Å²) in [5.74, 6) is -3.27. The average Bonchev–Trinajstić information content (AvgIpc) is 2.71. The topological polar surface area (TPSA) is 58.2 Å². The maximum atomic E-state index is 13.4. The Bertz CT molecular complexity index is 526. The SMILES string of the molecule is O=C(Nc1cc(F)ccc1F)C(=O)NC1CCCCCC1. The van der Waals surface area contributed by atoms with E-state index in [4.69, 9.17) is 0 Å². The van der Waals surface area contributed by atoms with Crippen LogP contribution >= 0.6 is 0 Å². The van der Waals surface area contributed by atoms with Crippen molar-refractivity contribution in [1.82, 2.24) is 5.32 Å². The summed E-state index contributed by atoms with van der Waals surface area (Å²) in [6.07, 6.45) is 5.98. The fourth-order valence-electron chi connectivity index (χ4n) is 2.45. The second-order valence-corrected chi connectivity index (χ2v) is 5.24. The minimum atomic E-state index is -0.983. The number of nitrogens with one attached hydrogen (secondary N) is 2. The molecule has 0 spiro atoms. The van der Waals surface area contributed by atoms with Gasteiger partial charge in [-0.25, -0.2) is 8.78 Å². The summed E-state index contributed by atoms with van der Waals surface area (Å²) in [5.41, 5.74) is -0.337. The predicted octanol–water partition coefficient (Wildman–Crippen LogP) is 2.74. The number of carbonyl (C=O) groups excluding carboxylic acids is 2. The van der Waals surface area contributed by atoms with Crippen LogP contribution in [0.1, 0.15) is 38.5 Å². The lowest BCUT2D eigenvalue weighted by atomic mass is 10.1. The molecule has 1 fully saturated rings.